The van der Waals surface area contributed by atoms with Gasteiger partial charge in [0.1, 0.15) is 7.14 Å². The van der Waals surface area contributed by atoms with Crippen LogP contribution in [0, 0.1) is 5.92 Å². The van der Waals surface area contributed by atoms with Crippen LogP contribution < -0.4 is 5.30 Å². The highest BCUT2D eigenvalue weighted by Crippen LogP contribution is 2.69. The van der Waals surface area contributed by atoms with E-state index in [2.05, 4.69) is 6.08 Å². The van der Waals surface area contributed by atoms with Crippen LogP contribution in [0.1, 0.15) is 6.42 Å². The predicted molar refractivity (Wildman–Crippen MR) is 54.7 cm³/mol. The summed E-state index contributed by atoms with van der Waals surface area (Å²) in [6.07, 6.45) is 3.28. The van der Waals surface area contributed by atoms with E-state index in [0.717, 1.165) is 11.7 Å². The molecule has 0 radical (unpaired) electrons. The Bertz CT molecular complexity index is 407. The summed E-state index contributed by atoms with van der Waals surface area (Å²) < 4.78 is 12.5. The van der Waals surface area contributed by atoms with Gasteiger partial charge in [0.25, 0.3) is 0 Å². The minimum absolute atomic E-state index is 0.454. The Morgan fingerprint density at radius 3 is 2.54 bits per heavy atom. The highest BCUT2D eigenvalue weighted by molar-refractivity contribution is 7.75. The lowest BCUT2D eigenvalue weighted by Gasteiger charge is -2.10. The molecule has 1 saturated carbocycles. The molecule has 0 bridgehead atoms. The SMILES string of the molecule is O=[P@@]1(c2ccccc2)C=C[C@H]2C[C@H]21. The molecule has 1 heterocycles. The molecule has 0 spiro atoms. The topological polar surface area (TPSA) is 17.1 Å². The van der Waals surface area contributed by atoms with Crippen molar-refractivity contribution in [1.29, 1.82) is 0 Å². The molecule has 0 unspecified atom stereocenters. The lowest BCUT2D eigenvalue weighted by molar-refractivity contribution is 0.586. The van der Waals surface area contributed by atoms with Crippen LogP contribution in [0.4, 0.5) is 0 Å². The fourth-order valence-corrected chi connectivity index (χ4v) is 5.25. The van der Waals surface area contributed by atoms with Crippen LogP contribution in [0.3, 0.4) is 0 Å². The van der Waals surface area contributed by atoms with Crippen molar-refractivity contribution in [3.63, 3.8) is 0 Å². The van der Waals surface area contributed by atoms with Gasteiger partial charge in [-0.3, -0.25) is 0 Å². The highest BCUT2D eigenvalue weighted by Gasteiger charge is 2.52. The number of benzene rings is 1. The summed E-state index contributed by atoms with van der Waals surface area (Å²) in [5.74, 6) is 2.59. The minimum atomic E-state index is -2.12. The normalized spacial score (nSPS) is 40.3. The summed E-state index contributed by atoms with van der Waals surface area (Å²) in [6, 6.07) is 9.90. The van der Waals surface area contributed by atoms with Gasteiger partial charge < -0.3 is 4.57 Å². The predicted octanol–water partition coefficient (Wildman–Crippen LogP) is 2.59. The molecule has 1 aromatic rings. The zero-order chi connectivity index (χ0) is 8.89. The fraction of sp³-hybridized carbons (Fsp3) is 0.273. The van der Waals surface area contributed by atoms with Gasteiger partial charge in [0, 0.05) is 11.0 Å². The van der Waals surface area contributed by atoms with E-state index in [-0.39, 0.29) is 0 Å². The molecule has 0 saturated heterocycles. The van der Waals surface area contributed by atoms with Gasteiger partial charge in [0.2, 0.25) is 0 Å². The lowest BCUT2D eigenvalue weighted by atomic mass is 10.4. The molecule has 0 N–H and O–H groups in total. The molecule has 0 aromatic heterocycles. The Balaban J connectivity index is 2.11. The van der Waals surface area contributed by atoms with Gasteiger partial charge in [-0.05, 0) is 18.2 Å². The van der Waals surface area contributed by atoms with E-state index < -0.39 is 7.14 Å². The largest absolute Gasteiger partial charge is 0.314 e. The Hall–Kier alpha value is -0.810. The third kappa shape index (κ3) is 0.971. The maximum Gasteiger partial charge on any atom is 0.139 e. The van der Waals surface area contributed by atoms with Crippen LogP contribution >= 0.6 is 7.14 Å². The van der Waals surface area contributed by atoms with Crippen LogP contribution in [-0.2, 0) is 4.57 Å². The van der Waals surface area contributed by atoms with Crippen molar-refractivity contribution in [1.82, 2.24) is 0 Å². The highest BCUT2D eigenvalue weighted by atomic mass is 31.2. The van der Waals surface area contributed by atoms with Crippen molar-refractivity contribution in [2.24, 2.45) is 5.92 Å². The third-order valence-corrected chi connectivity index (χ3v) is 6.31. The summed E-state index contributed by atoms with van der Waals surface area (Å²) in [5.41, 5.74) is 0.454. The Kier molecular flexibility index (Phi) is 1.38. The van der Waals surface area contributed by atoms with Gasteiger partial charge in [0.05, 0.1) is 0 Å². The molecular weight excluding hydrogens is 179 g/mol. The second kappa shape index (κ2) is 2.36. The Morgan fingerprint density at radius 2 is 2.00 bits per heavy atom. The van der Waals surface area contributed by atoms with Gasteiger partial charge in [-0.25, -0.2) is 0 Å². The number of fused-ring (bicyclic) bond motifs is 1. The average Bonchev–Trinajstić information content (AvgIpc) is 2.90. The van der Waals surface area contributed by atoms with Crippen molar-refractivity contribution in [2.75, 3.05) is 0 Å². The Labute approximate surface area is 77.8 Å². The molecule has 66 valence electrons. The molecule has 1 nitrogen and oxygen atoms in total. The molecule has 13 heavy (non-hydrogen) atoms. The number of rotatable bonds is 1. The first-order valence-corrected chi connectivity index (χ1v) is 6.49. The van der Waals surface area contributed by atoms with Gasteiger partial charge in [-0.2, -0.15) is 0 Å². The van der Waals surface area contributed by atoms with Gasteiger partial charge >= 0.3 is 0 Å². The van der Waals surface area contributed by atoms with Crippen molar-refractivity contribution in [3.05, 3.63) is 42.2 Å². The third-order valence-electron chi connectivity index (χ3n) is 3.01. The average molecular weight is 190 g/mol. The van der Waals surface area contributed by atoms with Crippen LogP contribution in [0.5, 0.6) is 0 Å². The second-order valence-corrected chi connectivity index (χ2v) is 6.75. The van der Waals surface area contributed by atoms with Gasteiger partial charge in [-0.1, -0.05) is 36.4 Å². The van der Waals surface area contributed by atoms with Crippen LogP contribution in [-0.4, -0.2) is 5.66 Å². The summed E-state index contributed by atoms with van der Waals surface area (Å²) in [6.45, 7) is 0. The molecule has 0 amide bonds. The Morgan fingerprint density at radius 1 is 1.23 bits per heavy atom. The van der Waals surface area contributed by atoms with Crippen LogP contribution in [0.2, 0.25) is 0 Å². The van der Waals surface area contributed by atoms with E-state index in [4.69, 9.17) is 0 Å². The molecule has 1 aliphatic heterocycles. The zero-order valence-electron chi connectivity index (χ0n) is 7.26. The second-order valence-electron chi connectivity index (χ2n) is 3.85. The molecule has 3 atom stereocenters. The van der Waals surface area contributed by atoms with Crippen molar-refractivity contribution < 1.29 is 4.57 Å². The van der Waals surface area contributed by atoms with Gasteiger partial charge in [0.15, 0.2) is 0 Å². The number of allylic oxidation sites excluding steroid dienone is 1. The smallest absolute Gasteiger partial charge is 0.139 e. The molecule has 2 heteroatoms. The lowest BCUT2D eigenvalue weighted by Crippen LogP contribution is -2.04. The maximum atomic E-state index is 12.5. The van der Waals surface area contributed by atoms with E-state index in [0.29, 0.717) is 11.6 Å². The summed E-state index contributed by atoms with van der Waals surface area (Å²) in [7, 11) is -2.12. The van der Waals surface area contributed by atoms with Crippen molar-refractivity contribution in [2.45, 2.75) is 12.1 Å². The first kappa shape index (κ1) is 7.58. The molecule has 1 aromatic carbocycles. The molecule has 3 rings (SSSR count). The van der Waals surface area contributed by atoms with E-state index in [1.54, 1.807) is 0 Å². The number of hydrogen-bond acceptors (Lipinski definition) is 1. The van der Waals surface area contributed by atoms with E-state index in [1.165, 1.54) is 0 Å². The summed E-state index contributed by atoms with van der Waals surface area (Å²) >= 11 is 0. The first-order chi connectivity index (χ1) is 6.31. The van der Waals surface area contributed by atoms with E-state index in [9.17, 15) is 4.57 Å². The van der Waals surface area contributed by atoms with Gasteiger partial charge in [-0.15, -0.1) is 0 Å². The molecule has 2 aliphatic rings. The van der Waals surface area contributed by atoms with Crippen molar-refractivity contribution >= 4 is 12.4 Å². The first-order valence-electron chi connectivity index (χ1n) is 4.65. The molecule has 1 aliphatic carbocycles. The quantitative estimate of drug-likeness (QED) is 0.622. The molecular formula is C11H11OP. The van der Waals surface area contributed by atoms with E-state index in [1.807, 2.05) is 36.1 Å². The zero-order valence-corrected chi connectivity index (χ0v) is 8.15. The van der Waals surface area contributed by atoms with Crippen LogP contribution in [0.25, 0.3) is 0 Å². The van der Waals surface area contributed by atoms with Crippen LogP contribution in [0.15, 0.2) is 42.2 Å². The summed E-state index contributed by atoms with van der Waals surface area (Å²) in [5, 5.41) is 1.04. The number of hydrogen-bond donors (Lipinski definition) is 0. The fourth-order valence-electron chi connectivity index (χ4n) is 2.14. The minimum Gasteiger partial charge on any atom is -0.314 e. The van der Waals surface area contributed by atoms with Crippen molar-refractivity contribution in [3.8, 4) is 0 Å². The summed E-state index contributed by atoms with van der Waals surface area (Å²) in [4.78, 5) is 0. The maximum absolute atomic E-state index is 12.5. The molecule has 1 fully saturated rings. The van der Waals surface area contributed by atoms with E-state index >= 15 is 0 Å². The standard InChI is InChI=1S/C11H11OP/c12-13(7-6-9-8-11(9)13)10-4-2-1-3-5-10/h1-7,9,11H,8H2/t9-,11+,13+/m0/s1. The monoisotopic (exact) mass is 190 g/mol.